The molecular weight excluding hydrogens is 390 g/mol. The molecule has 0 aliphatic carbocycles. The van der Waals surface area contributed by atoms with E-state index in [1.165, 1.54) is 12.8 Å². The first kappa shape index (κ1) is 22.8. The Hall–Kier alpha value is -2.89. The molecule has 6 heteroatoms. The second kappa shape index (κ2) is 11.5. The topological polar surface area (TPSA) is 71.5 Å². The Morgan fingerprint density at radius 2 is 1.84 bits per heavy atom. The average Bonchev–Trinajstić information content (AvgIpc) is 2.81. The lowest BCUT2D eigenvalue weighted by molar-refractivity contribution is -0.121. The van der Waals surface area contributed by atoms with E-state index in [2.05, 4.69) is 22.1 Å². The smallest absolute Gasteiger partial charge is 0.220 e. The Kier molecular flexibility index (Phi) is 8.44. The van der Waals surface area contributed by atoms with Crippen molar-refractivity contribution >= 4 is 17.5 Å². The number of carbonyl (C=O) groups excluding carboxylic acids is 2. The van der Waals surface area contributed by atoms with E-state index in [9.17, 15) is 9.59 Å². The maximum atomic E-state index is 12.3. The first-order valence-electron chi connectivity index (χ1n) is 11.3. The van der Waals surface area contributed by atoms with E-state index in [1.54, 1.807) is 24.3 Å². The third-order valence-corrected chi connectivity index (χ3v) is 5.63. The summed E-state index contributed by atoms with van der Waals surface area (Å²) in [6.45, 7) is 7.51. The molecule has 1 aromatic carbocycles. The SMILES string of the molecule is CCCOc1ccc(C(=O)CCC(=O)NCc2ccc(N3CCC(C)CC3)nc2)cc1. The molecule has 0 bridgehead atoms. The summed E-state index contributed by atoms with van der Waals surface area (Å²) >= 11 is 0. The highest BCUT2D eigenvalue weighted by Gasteiger charge is 2.16. The normalized spacial score (nSPS) is 14.3. The van der Waals surface area contributed by atoms with E-state index >= 15 is 0 Å². The van der Waals surface area contributed by atoms with Gasteiger partial charge in [0.25, 0.3) is 0 Å². The second-order valence-corrected chi connectivity index (χ2v) is 8.27. The van der Waals surface area contributed by atoms with E-state index < -0.39 is 0 Å². The van der Waals surface area contributed by atoms with E-state index in [4.69, 9.17) is 4.74 Å². The van der Waals surface area contributed by atoms with Crippen LogP contribution in [0.5, 0.6) is 5.75 Å². The number of nitrogens with one attached hydrogen (secondary N) is 1. The van der Waals surface area contributed by atoms with Crippen molar-refractivity contribution in [1.29, 1.82) is 0 Å². The molecule has 1 aliphatic rings. The van der Waals surface area contributed by atoms with Crippen LogP contribution in [-0.4, -0.2) is 36.4 Å². The van der Waals surface area contributed by atoms with Gasteiger partial charge in [-0.25, -0.2) is 4.98 Å². The van der Waals surface area contributed by atoms with Gasteiger partial charge in [0.2, 0.25) is 5.91 Å². The van der Waals surface area contributed by atoms with Crippen LogP contribution in [0.25, 0.3) is 0 Å². The van der Waals surface area contributed by atoms with E-state index in [-0.39, 0.29) is 24.5 Å². The van der Waals surface area contributed by atoms with Crippen molar-refractivity contribution in [3.63, 3.8) is 0 Å². The molecule has 166 valence electrons. The molecule has 0 unspecified atom stereocenters. The van der Waals surface area contributed by atoms with Crippen molar-refractivity contribution in [2.24, 2.45) is 5.92 Å². The highest BCUT2D eigenvalue weighted by atomic mass is 16.5. The Balaban J connectivity index is 1.39. The first-order valence-corrected chi connectivity index (χ1v) is 11.3. The number of nitrogens with zero attached hydrogens (tertiary/aromatic N) is 2. The summed E-state index contributed by atoms with van der Waals surface area (Å²) < 4.78 is 5.52. The van der Waals surface area contributed by atoms with Crippen molar-refractivity contribution in [1.82, 2.24) is 10.3 Å². The lowest BCUT2D eigenvalue weighted by atomic mass is 9.99. The monoisotopic (exact) mass is 423 g/mol. The van der Waals surface area contributed by atoms with Gasteiger partial charge in [-0.1, -0.05) is 19.9 Å². The number of aromatic nitrogens is 1. The van der Waals surface area contributed by atoms with Gasteiger partial charge in [-0.15, -0.1) is 0 Å². The van der Waals surface area contributed by atoms with Gasteiger partial charge in [0.15, 0.2) is 5.78 Å². The largest absolute Gasteiger partial charge is 0.494 e. The molecule has 31 heavy (non-hydrogen) atoms. The molecule has 0 atom stereocenters. The Morgan fingerprint density at radius 1 is 1.10 bits per heavy atom. The third kappa shape index (κ3) is 7.09. The van der Waals surface area contributed by atoms with Gasteiger partial charge in [-0.2, -0.15) is 0 Å². The molecule has 0 spiro atoms. The predicted molar refractivity (Wildman–Crippen MR) is 122 cm³/mol. The fraction of sp³-hybridized carbons (Fsp3) is 0.480. The third-order valence-electron chi connectivity index (χ3n) is 5.63. The van der Waals surface area contributed by atoms with Gasteiger partial charge in [0.1, 0.15) is 11.6 Å². The van der Waals surface area contributed by atoms with Gasteiger partial charge < -0.3 is 15.0 Å². The Labute approximate surface area is 185 Å². The number of benzene rings is 1. The van der Waals surface area contributed by atoms with E-state index in [0.717, 1.165) is 42.6 Å². The zero-order valence-corrected chi connectivity index (χ0v) is 18.6. The molecular formula is C25H33N3O3. The van der Waals surface area contributed by atoms with Crippen LogP contribution in [0.3, 0.4) is 0 Å². The number of piperidine rings is 1. The highest BCUT2D eigenvalue weighted by Crippen LogP contribution is 2.21. The standard InChI is InChI=1S/C25H33N3O3/c1-3-16-31-22-7-5-21(6-8-22)23(29)9-11-25(30)27-18-20-4-10-24(26-17-20)28-14-12-19(2)13-15-28/h4-8,10,17,19H,3,9,11-16,18H2,1-2H3,(H,27,30). The molecule has 2 heterocycles. The number of pyridine rings is 1. The van der Waals surface area contributed by atoms with Gasteiger partial charge in [-0.05, 0) is 61.1 Å². The maximum Gasteiger partial charge on any atom is 0.220 e. The molecule has 1 amide bonds. The lowest BCUT2D eigenvalue weighted by Gasteiger charge is -2.31. The lowest BCUT2D eigenvalue weighted by Crippen LogP contribution is -2.33. The van der Waals surface area contributed by atoms with E-state index in [1.807, 2.05) is 25.3 Å². The second-order valence-electron chi connectivity index (χ2n) is 8.27. The number of rotatable bonds is 10. The van der Waals surface area contributed by atoms with Gasteiger partial charge in [0.05, 0.1) is 6.61 Å². The molecule has 6 nitrogen and oxygen atoms in total. The number of hydrogen-bond acceptors (Lipinski definition) is 5. The molecule has 0 radical (unpaired) electrons. The fourth-order valence-electron chi connectivity index (χ4n) is 3.56. The Bertz CT molecular complexity index is 841. The van der Waals surface area contributed by atoms with E-state index in [0.29, 0.717) is 18.7 Å². The summed E-state index contributed by atoms with van der Waals surface area (Å²) in [4.78, 5) is 31.3. The van der Waals surface area contributed by atoms with Crippen LogP contribution in [0.1, 0.15) is 61.9 Å². The van der Waals surface area contributed by atoms with Crippen LogP contribution in [0.2, 0.25) is 0 Å². The predicted octanol–water partition coefficient (Wildman–Crippen LogP) is 4.39. The minimum Gasteiger partial charge on any atom is -0.494 e. The molecule has 1 saturated heterocycles. The number of ketones is 1. The number of Topliss-reactive ketones (excluding diaryl/α,β-unsaturated/α-hetero) is 1. The van der Waals surface area contributed by atoms with Crippen molar-refractivity contribution in [3.05, 3.63) is 53.7 Å². The van der Waals surface area contributed by atoms with Crippen LogP contribution in [0.4, 0.5) is 5.82 Å². The molecule has 1 aromatic heterocycles. The minimum absolute atomic E-state index is 0.0425. The quantitative estimate of drug-likeness (QED) is 0.574. The molecule has 1 fully saturated rings. The van der Waals surface area contributed by atoms with Gasteiger partial charge in [-0.3, -0.25) is 9.59 Å². The molecule has 0 saturated carbocycles. The number of ether oxygens (including phenoxy) is 1. The van der Waals surface area contributed by atoms with Crippen molar-refractivity contribution in [3.8, 4) is 5.75 Å². The van der Waals surface area contributed by atoms with Crippen molar-refractivity contribution in [2.75, 3.05) is 24.6 Å². The molecule has 3 rings (SSSR count). The fourth-order valence-corrected chi connectivity index (χ4v) is 3.56. The van der Waals surface area contributed by atoms with Crippen LogP contribution in [0.15, 0.2) is 42.6 Å². The Morgan fingerprint density at radius 3 is 2.48 bits per heavy atom. The van der Waals surface area contributed by atoms with Gasteiger partial charge in [0, 0.05) is 44.2 Å². The molecule has 2 aromatic rings. The number of anilines is 1. The number of carbonyl (C=O) groups is 2. The summed E-state index contributed by atoms with van der Waals surface area (Å²) in [7, 11) is 0. The van der Waals surface area contributed by atoms with Crippen molar-refractivity contribution in [2.45, 2.75) is 52.5 Å². The van der Waals surface area contributed by atoms with Crippen LogP contribution in [-0.2, 0) is 11.3 Å². The van der Waals surface area contributed by atoms with Crippen LogP contribution >= 0.6 is 0 Å². The van der Waals surface area contributed by atoms with Crippen LogP contribution < -0.4 is 15.0 Å². The zero-order valence-electron chi connectivity index (χ0n) is 18.6. The summed E-state index contributed by atoms with van der Waals surface area (Å²) in [6, 6.07) is 11.1. The molecule has 1 N–H and O–H groups in total. The average molecular weight is 424 g/mol. The van der Waals surface area contributed by atoms with Gasteiger partial charge >= 0.3 is 0 Å². The first-order chi connectivity index (χ1) is 15.0. The van der Waals surface area contributed by atoms with Crippen LogP contribution in [0, 0.1) is 5.92 Å². The highest BCUT2D eigenvalue weighted by molar-refractivity contribution is 5.98. The number of amides is 1. The summed E-state index contributed by atoms with van der Waals surface area (Å²) in [5, 5.41) is 2.88. The zero-order chi connectivity index (χ0) is 22.1. The van der Waals surface area contributed by atoms with Crippen molar-refractivity contribution < 1.29 is 14.3 Å². The molecule has 1 aliphatic heterocycles. The summed E-state index contributed by atoms with van der Waals surface area (Å²) in [6.07, 6.45) is 5.52. The minimum atomic E-state index is -0.134. The number of hydrogen-bond donors (Lipinski definition) is 1. The summed E-state index contributed by atoms with van der Waals surface area (Å²) in [5.74, 6) is 2.37. The maximum absolute atomic E-state index is 12.3. The summed E-state index contributed by atoms with van der Waals surface area (Å²) in [5.41, 5.74) is 1.56.